The van der Waals surface area contributed by atoms with Gasteiger partial charge in [0, 0.05) is 6.61 Å². The number of hydrogen-bond donors (Lipinski definition) is 3. The molecule has 0 saturated heterocycles. The normalized spacial score (nSPS) is 11.7. The van der Waals surface area contributed by atoms with Crippen molar-refractivity contribution in [2.45, 2.75) is 77.9 Å². The molecular weight excluding hydrogens is 314 g/mol. The van der Waals surface area contributed by atoms with E-state index in [1.165, 1.54) is 38.5 Å². The summed E-state index contributed by atoms with van der Waals surface area (Å²) in [6.45, 7) is 8.54. The zero-order valence-corrected chi connectivity index (χ0v) is 15.3. The van der Waals surface area contributed by atoms with Gasteiger partial charge in [-0.1, -0.05) is 45.4 Å². The standard InChI is InChI=1S/C15H33NO2.C2H2O4/c1-4-5-6-7-8-9-10-11-18-13-15(17)12-16-14(2)3;3-1(4)2(5)6/h14-17H,4-13H2,1-3H3;(H,3,4)(H,5,6). The molecule has 7 heteroatoms. The molecule has 0 spiro atoms. The topological polar surface area (TPSA) is 124 Å². The van der Waals surface area contributed by atoms with Crippen LogP contribution in [0.1, 0.15) is 65.7 Å². The van der Waals surface area contributed by atoms with Gasteiger partial charge in [0.25, 0.3) is 0 Å². The van der Waals surface area contributed by atoms with Gasteiger partial charge in [-0.05, 0) is 20.3 Å². The molecule has 0 radical (unpaired) electrons. The summed E-state index contributed by atoms with van der Waals surface area (Å²) in [6, 6.07) is 0.544. The van der Waals surface area contributed by atoms with Gasteiger partial charge in [-0.25, -0.2) is 4.79 Å². The maximum absolute atomic E-state index is 9.64. The van der Waals surface area contributed by atoms with E-state index in [4.69, 9.17) is 24.5 Å². The van der Waals surface area contributed by atoms with Crippen molar-refractivity contribution in [3.63, 3.8) is 0 Å². The molecule has 0 aromatic rings. The molecule has 0 amide bonds. The summed E-state index contributed by atoms with van der Waals surface area (Å²) in [5, 5.41) is 28.1. The summed E-state index contributed by atoms with van der Waals surface area (Å²) < 4.78 is 5.49. The third-order valence-corrected chi connectivity index (χ3v) is 3.26. The molecule has 0 rings (SSSR count). The molecule has 4 N–H and O–H groups in total. The van der Waals surface area contributed by atoms with Gasteiger partial charge in [0.1, 0.15) is 12.6 Å². The first kappa shape index (κ1) is 25.1. The second-order valence-electron chi connectivity index (χ2n) is 6.16. The zero-order valence-electron chi connectivity index (χ0n) is 15.3. The third-order valence-electron chi connectivity index (χ3n) is 3.26. The molecule has 1 atom stereocenters. The van der Waals surface area contributed by atoms with Crippen LogP contribution in [0.25, 0.3) is 0 Å². The minimum absolute atomic E-state index is 0.322. The van der Waals surface area contributed by atoms with Gasteiger partial charge in [0.2, 0.25) is 0 Å². The number of aliphatic carboxylic acids is 2. The van der Waals surface area contributed by atoms with Gasteiger partial charge in [0.05, 0.1) is 12.6 Å². The van der Waals surface area contributed by atoms with Crippen molar-refractivity contribution in [2.24, 2.45) is 0 Å². The van der Waals surface area contributed by atoms with E-state index in [2.05, 4.69) is 26.1 Å². The predicted molar refractivity (Wildman–Crippen MR) is 89.4 cm³/mol. The van der Waals surface area contributed by atoms with Gasteiger partial charge < -0.3 is 30.2 Å². The Labute approximate surface area is 145 Å². The predicted octanol–water partition coefficient (Wildman–Crippen LogP) is -0.0928. The second-order valence-corrected chi connectivity index (χ2v) is 6.16. The molecule has 0 aromatic carbocycles. The first-order valence-corrected chi connectivity index (χ1v) is 8.84. The molecule has 0 aliphatic heterocycles. The van der Waals surface area contributed by atoms with Crippen molar-refractivity contribution < 1.29 is 35.0 Å². The Balaban J connectivity index is 0. The molecule has 7 nitrogen and oxygen atoms in total. The molecular formula is C17H35NO6. The lowest BCUT2D eigenvalue weighted by Crippen LogP contribution is -2.90. The van der Waals surface area contributed by atoms with Crippen LogP contribution in [0.15, 0.2) is 0 Å². The Morgan fingerprint density at radius 2 is 1.58 bits per heavy atom. The smallest absolute Gasteiger partial charge is 0.351 e. The van der Waals surface area contributed by atoms with Crippen LogP contribution in [0.5, 0.6) is 0 Å². The molecule has 0 fully saturated rings. The highest BCUT2D eigenvalue weighted by molar-refractivity contribution is 6.26. The number of ether oxygens (including phenoxy) is 1. The second kappa shape index (κ2) is 18.2. The van der Waals surface area contributed by atoms with Crippen molar-refractivity contribution in [3.05, 3.63) is 0 Å². The molecule has 1 unspecified atom stereocenters. The van der Waals surface area contributed by atoms with Gasteiger partial charge in [-0.3, -0.25) is 0 Å². The first-order chi connectivity index (χ1) is 11.3. The van der Waals surface area contributed by atoms with Crippen LogP contribution in [0.3, 0.4) is 0 Å². The van der Waals surface area contributed by atoms with Gasteiger partial charge in [-0.15, -0.1) is 0 Å². The highest BCUT2D eigenvalue weighted by atomic mass is 16.5. The fourth-order valence-electron chi connectivity index (χ4n) is 1.88. The summed E-state index contributed by atoms with van der Waals surface area (Å²) in [5.41, 5.74) is 0. The van der Waals surface area contributed by atoms with Crippen LogP contribution >= 0.6 is 0 Å². The lowest BCUT2D eigenvalue weighted by atomic mass is 10.1. The van der Waals surface area contributed by atoms with Gasteiger partial charge in [0.15, 0.2) is 5.97 Å². The van der Waals surface area contributed by atoms with Crippen LogP contribution in [0, 0.1) is 0 Å². The molecule has 0 aromatic heterocycles. The molecule has 24 heavy (non-hydrogen) atoms. The third kappa shape index (κ3) is 23.1. The Kier molecular flexibility index (Phi) is 19.0. The first-order valence-electron chi connectivity index (χ1n) is 8.84. The van der Waals surface area contributed by atoms with Crippen molar-refractivity contribution in [1.82, 2.24) is 0 Å². The van der Waals surface area contributed by atoms with Crippen LogP contribution in [-0.4, -0.2) is 54.1 Å². The highest BCUT2D eigenvalue weighted by Gasteiger charge is 2.07. The number of unbranched alkanes of at least 4 members (excludes halogenated alkanes) is 6. The average Bonchev–Trinajstić information content (AvgIpc) is 2.51. The Morgan fingerprint density at radius 3 is 2.04 bits per heavy atom. The number of quaternary nitrogens is 1. The Bertz CT molecular complexity index is 297. The van der Waals surface area contributed by atoms with Crippen LogP contribution < -0.4 is 10.4 Å². The van der Waals surface area contributed by atoms with E-state index in [-0.39, 0.29) is 6.10 Å². The summed E-state index contributed by atoms with van der Waals surface area (Å²) in [4.78, 5) is 18.0. The maximum Gasteiger partial charge on any atom is 0.351 e. The van der Waals surface area contributed by atoms with Crippen molar-refractivity contribution >= 4 is 11.9 Å². The molecule has 144 valence electrons. The fourth-order valence-corrected chi connectivity index (χ4v) is 1.88. The largest absolute Gasteiger partial charge is 0.539 e. The molecule has 0 heterocycles. The fraction of sp³-hybridized carbons (Fsp3) is 0.882. The maximum atomic E-state index is 9.64. The van der Waals surface area contributed by atoms with E-state index in [0.29, 0.717) is 12.6 Å². The number of aliphatic hydroxyl groups excluding tert-OH is 1. The number of carbonyl (C=O) groups excluding carboxylic acids is 1. The number of carbonyl (C=O) groups is 2. The van der Waals surface area contributed by atoms with Crippen LogP contribution in [0.2, 0.25) is 0 Å². The van der Waals surface area contributed by atoms with E-state index in [1.807, 2.05) is 0 Å². The minimum atomic E-state index is -2.07. The summed E-state index contributed by atoms with van der Waals surface area (Å²) >= 11 is 0. The lowest BCUT2D eigenvalue weighted by Gasteiger charge is -2.11. The SMILES string of the molecule is CCCCCCCCCOCC(O)C[NH2+]C(C)C.O=C([O-])C(=O)O. The van der Waals surface area contributed by atoms with E-state index < -0.39 is 11.9 Å². The molecule has 0 aliphatic rings. The van der Waals surface area contributed by atoms with Crippen LogP contribution in [-0.2, 0) is 14.3 Å². The summed E-state index contributed by atoms with van der Waals surface area (Å²) in [5.74, 6) is -4.01. The van der Waals surface area contributed by atoms with Crippen LogP contribution in [0.4, 0.5) is 0 Å². The number of nitrogens with two attached hydrogens (primary N) is 1. The number of aliphatic hydroxyl groups is 1. The van der Waals surface area contributed by atoms with E-state index in [1.54, 1.807) is 0 Å². The quantitative estimate of drug-likeness (QED) is 0.315. The van der Waals surface area contributed by atoms with Crippen molar-refractivity contribution in [2.75, 3.05) is 19.8 Å². The van der Waals surface area contributed by atoms with Gasteiger partial charge >= 0.3 is 5.97 Å². The number of carboxylic acid groups (broad SMARTS) is 2. The molecule has 0 saturated carbocycles. The number of rotatable bonds is 13. The van der Waals surface area contributed by atoms with Crippen molar-refractivity contribution in [3.8, 4) is 0 Å². The lowest BCUT2D eigenvalue weighted by molar-refractivity contribution is -0.688. The number of carboxylic acids is 2. The summed E-state index contributed by atoms with van der Waals surface area (Å²) in [6.07, 6.45) is 8.82. The highest BCUT2D eigenvalue weighted by Crippen LogP contribution is 2.06. The van der Waals surface area contributed by atoms with Gasteiger partial charge in [-0.2, -0.15) is 0 Å². The Morgan fingerprint density at radius 1 is 1.08 bits per heavy atom. The molecule has 0 aliphatic carbocycles. The summed E-state index contributed by atoms with van der Waals surface area (Å²) in [7, 11) is 0. The Hall–Kier alpha value is -1.18. The molecule has 0 bridgehead atoms. The average molecular weight is 349 g/mol. The van der Waals surface area contributed by atoms with E-state index >= 15 is 0 Å². The van der Waals surface area contributed by atoms with Crippen molar-refractivity contribution in [1.29, 1.82) is 0 Å². The van der Waals surface area contributed by atoms with E-state index in [0.717, 1.165) is 19.6 Å². The minimum Gasteiger partial charge on any atom is -0.539 e. The van der Waals surface area contributed by atoms with E-state index in [9.17, 15) is 5.11 Å². The number of hydrogen-bond acceptors (Lipinski definition) is 5. The monoisotopic (exact) mass is 349 g/mol. The zero-order chi connectivity index (χ0) is 18.8.